The predicted molar refractivity (Wildman–Crippen MR) is 103 cm³/mol. The van der Waals surface area contributed by atoms with E-state index in [4.69, 9.17) is 0 Å². The van der Waals surface area contributed by atoms with Gasteiger partial charge in [-0.2, -0.15) is 0 Å². The SMILES string of the molecule is CCC(=O)N[C@H]1CCC2C3CC=C4N(C)C(=O)CC[C@]4(C)C3[C@@H](O)C[C@@]21C. The molecule has 4 rings (SSSR count). The molecular formula is C22H34N2O3. The van der Waals surface area contributed by atoms with Gasteiger partial charge in [-0.05, 0) is 55.3 Å². The highest BCUT2D eigenvalue weighted by Crippen LogP contribution is 2.64. The van der Waals surface area contributed by atoms with Crippen LogP contribution in [0, 0.1) is 28.6 Å². The summed E-state index contributed by atoms with van der Waals surface area (Å²) in [6.07, 6.45) is 7.60. The molecule has 0 aromatic rings. The molecule has 3 unspecified atom stereocenters. The molecule has 0 spiro atoms. The number of rotatable bonds is 2. The molecule has 3 aliphatic carbocycles. The lowest BCUT2D eigenvalue weighted by molar-refractivity contribution is -0.146. The summed E-state index contributed by atoms with van der Waals surface area (Å²) in [5, 5.41) is 14.6. The van der Waals surface area contributed by atoms with E-state index in [0.29, 0.717) is 24.7 Å². The Balaban J connectivity index is 1.67. The van der Waals surface area contributed by atoms with Crippen LogP contribution in [0.4, 0.5) is 0 Å². The predicted octanol–water partition coefficient (Wildman–Crippen LogP) is 2.84. The van der Waals surface area contributed by atoms with Gasteiger partial charge < -0.3 is 15.3 Å². The molecule has 1 aliphatic heterocycles. The van der Waals surface area contributed by atoms with Gasteiger partial charge in [0, 0.05) is 37.0 Å². The van der Waals surface area contributed by atoms with Gasteiger partial charge in [-0.1, -0.05) is 26.8 Å². The van der Waals surface area contributed by atoms with E-state index >= 15 is 0 Å². The summed E-state index contributed by atoms with van der Waals surface area (Å²) < 4.78 is 0. The average molecular weight is 375 g/mol. The van der Waals surface area contributed by atoms with Crippen molar-refractivity contribution in [1.29, 1.82) is 0 Å². The third kappa shape index (κ3) is 2.60. The average Bonchev–Trinajstić information content (AvgIpc) is 2.94. The third-order valence-electron chi connectivity index (χ3n) is 8.61. The standard InChI is InChI=1S/C22H34N2O3/c1-5-18(26)23-16-8-7-14-13-6-9-17-21(2,11-10-19(27)24(17)4)20(13)15(25)12-22(14,16)3/h9,13-16,20,25H,5-8,10-12H2,1-4H3,(H,23,26)/t13?,14?,15-,16-,20?,21-,22-/m0/s1. The molecule has 7 atom stereocenters. The van der Waals surface area contributed by atoms with Crippen LogP contribution in [0.3, 0.4) is 0 Å². The Kier molecular flexibility index (Phi) is 4.45. The number of allylic oxidation sites excluding steroid dienone is 2. The second-order valence-electron chi connectivity index (χ2n) is 9.82. The minimum atomic E-state index is -0.384. The number of amides is 2. The lowest BCUT2D eigenvalue weighted by Gasteiger charge is -2.60. The Morgan fingerprint density at radius 3 is 2.81 bits per heavy atom. The lowest BCUT2D eigenvalue weighted by Crippen LogP contribution is -2.60. The monoisotopic (exact) mass is 374 g/mol. The second-order valence-corrected chi connectivity index (χ2v) is 9.82. The molecular weight excluding hydrogens is 340 g/mol. The quantitative estimate of drug-likeness (QED) is 0.781. The summed E-state index contributed by atoms with van der Waals surface area (Å²) >= 11 is 0. The molecule has 0 bridgehead atoms. The van der Waals surface area contributed by atoms with Gasteiger partial charge in [0.25, 0.3) is 0 Å². The van der Waals surface area contributed by atoms with Crippen LogP contribution in [0.25, 0.3) is 0 Å². The lowest BCUT2D eigenvalue weighted by atomic mass is 9.48. The van der Waals surface area contributed by atoms with Gasteiger partial charge in [-0.15, -0.1) is 0 Å². The molecule has 5 nitrogen and oxygen atoms in total. The fraction of sp³-hybridized carbons (Fsp3) is 0.818. The third-order valence-corrected chi connectivity index (χ3v) is 8.61. The van der Waals surface area contributed by atoms with E-state index < -0.39 is 0 Å². The van der Waals surface area contributed by atoms with E-state index in [1.165, 1.54) is 0 Å². The van der Waals surface area contributed by atoms with E-state index in [0.717, 1.165) is 37.8 Å². The van der Waals surface area contributed by atoms with Crippen LogP contribution < -0.4 is 5.32 Å². The first-order chi connectivity index (χ1) is 12.7. The molecule has 2 saturated carbocycles. The fourth-order valence-corrected chi connectivity index (χ4v) is 7.25. The summed E-state index contributed by atoms with van der Waals surface area (Å²) in [6.45, 7) is 6.43. The number of aliphatic hydroxyl groups is 1. The number of nitrogens with one attached hydrogen (secondary N) is 1. The molecule has 0 radical (unpaired) electrons. The van der Waals surface area contributed by atoms with Gasteiger partial charge in [0.1, 0.15) is 0 Å². The zero-order valence-corrected chi connectivity index (χ0v) is 17.1. The van der Waals surface area contributed by atoms with Crippen LogP contribution in [-0.4, -0.2) is 41.0 Å². The van der Waals surface area contributed by atoms with Gasteiger partial charge in [-0.25, -0.2) is 0 Å². The number of hydrogen-bond acceptors (Lipinski definition) is 3. The molecule has 27 heavy (non-hydrogen) atoms. The van der Waals surface area contributed by atoms with E-state index in [2.05, 4.69) is 25.2 Å². The Morgan fingerprint density at radius 1 is 1.37 bits per heavy atom. The van der Waals surface area contributed by atoms with Crippen molar-refractivity contribution in [2.24, 2.45) is 28.6 Å². The molecule has 150 valence electrons. The highest BCUT2D eigenvalue weighted by molar-refractivity contribution is 5.79. The number of likely N-dealkylation sites (tertiary alicyclic amines) is 1. The van der Waals surface area contributed by atoms with Crippen molar-refractivity contribution < 1.29 is 14.7 Å². The van der Waals surface area contributed by atoms with Crippen molar-refractivity contribution in [3.8, 4) is 0 Å². The van der Waals surface area contributed by atoms with Crippen molar-refractivity contribution >= 4 is 11.8 Å². The minimum Gasteiger partial charge on any atom is -0.393 e. The van der Waals surface area contributed by atoms with Crippen LogP contribution in [0.2, 0.25) is 0 Å². The summed E-state index contributed by atoms with van der Waals surface area (Å²) in [5.41, 5.74) is 0.956. The van der Waals surface area contributed by atoms with Gasteiger partial charge >= 0.3 is 0 Å². The topological polar surface area (TPSA) is 69.6 Å². The Morgan fingerprint density at radius 2 is 2.11 bits per heavy atom. The van der Waals surface area contributed by atoms with Crippen molar-refractivity contribution in [2.45, 2.75) is 77.9 Å². The van der Waals surface area contributed by atoms with Crippen molar-refractivity contribution in [1.82, 2.24) is 10.2 Å². The number of carbonyl (C=O) groups excluding carboxylic acids is 2. The normalized spacial score (nSPS) is 46.3. The first-order valence-electron chi connectivity index (χ1n) is 10.7. The Labute approximate surface area is 162 Å². The zero-order chi connectivity index (χ0) is 19.6. The highest BCUT2D eigenvalue weighted by atomic mass is 16.3. The van der Waals surface area contributed by atoms with Crippen molar-refractivity contribution in [2.75, 3.05) is 7.05 Å². The maximum Gasteiger partial charge on any atom is 0.226 e. The summed E-state index contributed by atoms with van der Waals surface area (Å²) in [5.74, 6) is 1.45. The molecule has 3 fully saturated rings. The van der Waals surface area contributed by atoms with Crippen LogP contribution in [0.15, 0.2) is 11.8 Å². The molecule has 0 aromatic carbocycles. The van der Waals surface area contributed by atoms with Crippen molar-refractivity contribution in [3.05, 3.63) is 11.8 Å². The van der Waals surface area contributed by atoms with E-state index in [9.17, 15) is 14.7 Å². The first-order valence-corrected chi connectivity index (χ1v) is 10.7. The van der Waals surface area contributed by atoms with Gasteiger partial charge in [0.2, 0.25) is 11.8 Å². The van der Waals surface area contributed by atoms with E-state index in [1.807, 2.05) is 18.9 Å². The van der Waals surface area contributed by atoms with E-state index in [-0.39, 0.29) is 40.7 Å². The number of nitrogens with zero attached hydrogens (tertiary/aromatic N) is 1. The summed E-state index contributed by atoms with van der Waals surface area (Å²) in [6, 6.07) is 0.166. The number of fused-ring (bicyclic) bond motifs is 5. The second kappa shape index (κ2) is 6.33. The molecule has 2 amide bonds. The van der Waals surface area contributed by atoms with Crippen LogP contribution >= 0.6 is 0 Å². The maximum absolute atomic E-state index is 12.2. The van der Waals surface area contributed by atoms with Crippen LogP contribution in [-0.2, 0) is 9.59 Å². The fourth-order valence-electron chi connectivity index (χ4n) is 7.25. The van der Waals surface area contributed by atoms with Gasteiger partial charge in [0.15, 0.2) is 0 Å². The zero-order valence-electron chi connectivity index (χ0n) is 17.1. The van der Waals surface area contributed by atoms with E-state index in [1.54, 1.807) is 0 Å². The number of hydrogen-bond donors (Lipinski definition) is 2. The minimum absolute atomic E-state index is 0.0382. The molecule has 4 aliphatic rings. The Hall–Kier alpha value is -1.36. The van der Waals surface area contributed by atoms with Crippen LogP contribution in [0.1, 0.15) is 65.7 Å². The number of carbonyl (C=O) groups is 2. The van der Waals surface area contributed by atoms with Crippen LogP contribution in [0.5, 0.6) is 0 Å². The maximum atomic E-state index is 12.2. The first kappa shape index (κ1) is 19.0. The molecule has 1 saturated heterocycles. The highest BCUT2D eigenvalue weighted by Gasteiger charge is 2.62. The summed E-state index contributed by atoms with van der Waals surface area (Å²) in [4.78, 5) is 26.1. The molecule has 5 heteroatoms. The Bertz CT molecular complexity index is 689. The van der Waals surface area contributed by atoms with Gasteiger partial charge in [-0.3, -0.25) is 9.59 Å². The molecule has 1 heterocycles. The summed E-state index contributed by atoms with van der Waals surface area (Å²) in [7, 11) is 1.89. The largest absolute Gasteiger partial charge is 0.393 e. The number of piperidine rings is 1. The van der Waals surface area contributed by atoms with Crippen molar-refractivity contribution in [3.63, 3.8) is 0 Å². The smallest absolute Gasteiger partial charge is 0.226 e. The molecule has 2 N–H and O–H groups in total. The van der Waals surface area contributed by atoms with Gasteiger partial charge in [0.05, 0.1) is 6.10 Å². The molecule has 0 aromatic heterocycles. The number of aliphatic hydroxyl groups excluding tert-OH is 1.